The molecule has 0 aromatic carbocycles. The summed E-state index contributed by atoms with van der Waals surface area (Å²) in [5.74, 6) is 0.616. The highest BCUT2D eigenvalue weighted by molar-refractivity contribution is 6.14. The highest BCUT2D eigenvalue weighted by Crippen LogP contribution is 2.42. The number of anilines is 2. The molecule has 0 aliphatic carbocycles. The molecule has 0 amide bonds. The van der Waals surface area contributed by atoms with Crippen LogP contribution < -0.4 is 15.4 Å². The van der Waals surface area contributed by atoms with Gasteiger partial charge in [-0.05, 0) is 19.8 Å². The Bertz CT molecular complexity index is 761. The number of aliphatic hydroxyl groups is 2. The zero-order chi connectivity index (χ0) is 15.7. The number of ether oxygens (including phenoxy) is 1. The summed E-state index contributed by atoms with van der Waals surface area (Å²) in [4.78, 5) is 10.0. The number of fused-ring (bicyclic) bond motifs is 2. The second-order valence-corrected chi connectivity index (χ2v) is 6.19. The van der Waals surface area contributed by atoms with Crippen LogP contribution in [0.4, 0.5) is 11.8 Å². The van der Waals surface area contributed by atoms with Crippen LogP contribution in [0.5, 0.6) is 5.88 Å². The fourth-order valence-electron chi connectivity index (χ4n) is 3.22. The number of hydrogen-bond acceptors (Lipinski definition) is 8. The molecule has 2 radical (unpaired) electrons. The Hall–Kier alpha value is -2.07. The van der Waals surface area contributed by atoms with Crippen molar-refractivity contribution in [1.29, 1.82) is 0 Å². The first-order valence-corrected chi connectivity index (χ1v) is 6.98. The van der Waals surface area contributed by atoms with Crippen LogP contribution >= 0.6 is 0 Å². The fraction of sp³-hybridized carbons (Fsp3) is 0.583. The van der Waals surface area contributed by atoms with Crippen LogP contribution in [0, 0.1) is 0 Å². The van der Waals surface area contributed by atoms with Gasteiger partial charge in [0.1, 0.15) is 11.2 Å². The van der Waals surface area contributed by atoms with E-state index in [2.05, 4.69) is 20.2 Å². The van der Waals surface area contributed by atoms with Gasteiger partial charge < -0.3 is 25.6 Å². The van der Waals surface area contributed by atoms with Gasteiger partial charge in [0, 0.05) is 6.54 Å². The summed E-state index contributed by atoms with van der Waals surface area (Å²) in [6.07, 6.45) is 0.907. The first-order valence-electron chi connectivity index (χ1n) is 6.98. The average molecular weight is 302 g/mol. The van der Waals surface area contributed by atoms with E-state index >= 15 is 0 Å². The van der Waals surface area contributed by atoms with E-state index in [-0.39, 0.29) is 18.4 Å². The number of hydrogen-bond donors (Lipinski definition) is 4. The Balaban J connectivity index is 1.98. The number of nitrogens with two attached hydrogens (primary N) is 1. The largest absolute Gasteiger partial charge is 0.451 e. The van der Waals surface area contributed by atoms with Gasteiger partial charge in [0.15, 0.2) is 19.2 Å². The molecule has 2 aromatic rings. The minimum atomic E-state index is -1.96. The molecule has 3 atom stereocenters. The molecule has 2 aliphatic heterocycles. The van der Waals surface area contributed by atoms with Gasteiger partial charge in [-0.15, -0.1) is 5.10 Å². The SMILES string of the molecule is [B]C1(O)Oc2n[nH]c3nc(N)nc(c23)N2CC(C)(O)CCC21. The molecule has 0 spiro atoms. The second-order valence-electron chi connectivity index (χ2n) is 6.19. The molecule has 0 bridgehead atoms. The number of nitrogens with one attached hydrogen (secondary N) is 1. The molecule has 0 saturated carbocycles. The number of rotatable bonds is 0. The van der Waals surface area contributed by atoms with Crippen molar-refractivity contribution >= 4 is 30.6 Å². The summed E-state index contributed by atoms with van der Waals surface area (Å²) in [6.45, 7) is 1.96. The Morgan fingerprint density at radius 2 is 2.23 bits per heavy atom. The molecule has 9 nitrogen and oxygen atoms in total. The third kappa shape index (κ3) is 1.84. The maximum Gasteiger partial charge on any atom is 0.248 e. The van der Waals surface area contributed by atoms with E-state index in [1.807, 2.05) is 0 Å². The minimum Gasteiger partial charge on any atom is -0.451 e. The highest BCUT2D eigenvalue weighted by atomic mass is 16.6. The van der Waals surface area contributed by atoms with Crippen molar-refractivity contribution in [2.45, 2.75) is 37.1 Å². The molecular formula is C12H15BN6O3. The van der Waals surface area contributed by atoms with Gasteiger partial charge in [-0.25, -0.2) is 0 Å². The van der Waals surface area contributed by atoms with Crippen LogP contribution in [-0.2, 0) is 0 Å². The van der Waals surface area contributed by atoms with Crippen molar-refractivity contribution in [1.82, 2.24) is 20.2 Å². The number of aromatic amines is 1. The smallest absolute Gasteiger partial charge is 0.248 e. The first-order chi connectivity index (χ1) is 10.3. The normalized spacial score (nSPS) is 34.1. The van der Waals surface area contributed by atoms with Gasteiger partial charge in [-0.2, -0.15) is 9.97 Å². The maximum atomic E-state index is 10.5. The van der Waals surface area contributed by atoms with Gasteiger partial charge in [-0.1, -0.05) is 0 Å². The maximum absolute atomic E-state index is 10.5. The van der Waals surface area contributed by atoms with Gasteiger partial charge in [-0.3, -0.25) is 5.10 Å². The molecule has 22 heavy (non-hydrogen) atoms. The predicted octanol–water partition coefficient (Wildman–Crippen LogP) is -1.14. The summed E-state index contributed by atoms with van der Waals surface area (Å²) in [7, 11) is 5.95. The number of H-pyrrole nitrogens is 1. The van der Waals surface area contributed by atoms with E-state index < -0.39 is 17.3 Å². The lowest BCUT2D eigenvalue weighted by molar-refractivity contribution is -0.0978. The van der Waals surface area contributed by atoms with Crippen molar-refractivity contribution in [2.75, 3.05) is 17.2 Å². The van der Waals surface area contributed by atoms with Crippen LogP contribution in [0.1, 0.15) is 19.8 Å². The fourth-order valence-corrected chi connectivity index (χ4v) is 3.22. The summed E-state index contributed by atoms with van der Waals surface area (Å²) < 4.78 is 5.48. The van der Waals surface area contributed by atoms with Crippen LogP contribution in [-0.4, -0.2) is 62.1 Å². The summed E-state index contributed by atoms with van der Waals surface area (Å²) in [6, 6.07) is -0.584. The molecule has 10 heteroatoms. The van der Waals surface area contributed by atoms with E-state index in [9.17, 15) is 10.2 Å². The molecule has 2 aromatic heterocycles. The Labute approximate surface area is 126 Å². The van der Waals surface area contributed by atoms with Crippen LogP contribution in [0.3, 0.4) is 0 Å². The van der Waals surface area contributed by atoms with E-state index in [4.69, 9.17) is 18.3 Å². The molecule has 3 unspecified atom stereocenters. The van der Waals surface area contributed by atoms with E-state index in [0.717, 1.165) is 0 Å². The summed E-state index contributed by atoms with van der Waals surface area (Å²) >= 11 is 0. The van der Waals surface area contributed by atoms with E-state index in [0.29, 0.717) is 29.7 Å². The van der Waals surface area contributed by atoms with E-state index in [1.165, 1.54) is 0 Å². The van der Waals surface area contributed by atoms with Crippen molar-refractivity contribution in [3.63, 3.8) is 0 Å². The van der Waals surface area contributed by atoms with Crippen LogP contribution in [0.15, 0.2) is 0 Å². The van der Waals surface area contributed by atoms with Crippen molar-refractivity contribution in [2.24, 2.45) is 0 Å². The standard InChI is InChI=1S/C12H15BN6O3/c1-11(20)3-2-5-12(13,21)22-9-6-7(17-18-9)15-10(14)16-8(6)19(5)4-11/h5,20-21H,2-4H2,1H3,(H3,14,15,16,17,18). The number of nitrogen functional groups attached to an aromatic ring is 1. The average Bonchev–Trinajstić information content (AvgIpc) is 2.74. The van der Waals surface area contributed by atoms with E-state index in [1.54, 1.807) is 11.8 Å². The van der Waals surface area contributed by atoms with Gasteiger partial charge in [0.25, 0.3) is 0 Å². The monoisotopic (exact) mass is 302 g/mol. The van der Waals surface area contributed by atoms with Crippen molar-refractivity contribution < 1.29 is 14.9 Å². The van der Waals surface area contributed by atoms with Crippen LogP contribution in [0.2, 0.25) is 0 Å². The molecule has 4 rings (SSSR count). The number of aromatic nitrogens is 4. The Kier molecular flexibility index (Phi) is 2.48. The molecule has 4 heterocycles. The lowest BCUT2D eigenvalue weighted by Gasteiger charge is -2.47. The lowest BCUT2D eigenvalue weighted by Crippen LogP contribution is -2.62. The van der Waals surface area contributed by atoms with Gasteiger partial charge >= 0.3 is 0 Å². The summed E-state index contributed by atoms with van der Waals surface area (Å²) in [5.41, 5.74) is 3.23. The van der Waals surface area contributed by atoms with Crippen molar-refractivity contribution in [3.05, 3.63) is 0 Å². The Morgan fingerprint density at radius 1 is 1.45 bits per heavy atom. The molecule has 1 fully saturated rings. The predicted molar refractivity (Wildman–Crippen MR) is 78.4 cm³/mol. The lowest BCUT2D eigenvalue weighted by atomic mass is 9.78. The molecular weight excluding hydrogens is 287 g/mol. The Morgan fingerprint density at radius 3 is 3.00 bits per heavy atom. The molecule has 5 N–H and O–H groups in total. The third-order valence-electron chi connectivity index (χ3n) is 4.24. The third-order valence-corrected chi connectivity index (χ3v) is 4.24. The highest BCUT2D eigenvalue weighted by Gasteiger charge is 2.48. The zero-order valence-electron chi connectivity index (χ0n) is 11.9. The second kappa shape index (κ2) is 4.02. The first kappa shape index (κ1) is 13.6. The molecule has 2 aliphatic rings. The number of nitrogens with zero attached hydrogens (tertiary/aromatic N) is 4. The molecule has 114 valence electrons. The minimum absolute atomic E-state index is 0.0594. The quantitative estimate of drug-likeness (QED) is 0.449. The van der Waals surface area contributed by atoms with Gasteiger partial charge in [0.2, 0.25) is 11.8 Å². The van der Waals surface area contributed by atoms with Crippen molar-refractivity contribution in [3.8, 4) is 5.88 Å². The summed E-state index contributed by atoms with van der Waals surface area (Å²) in [5, 5.41) is 28.1. The van der Waals surface area contributed by atoms with Crippen LogP contribution in [0.25, 0.3) is 11.0 Å². The zero-order valence-corrected chi connectivity index (χ0v) is 11.9. The molecule has 1 saturated heterocycles. The number of piperidine rings is 1. The van der Waals surface area contributed by atoms with Gasteiger partial charge in [0.05, 0.1) is 11.6 Å². The topological polar surface area (TPSA) is 133 Å².